The summed E-state index contributed by atoms with van der Waals surface area (Å²) in [5.41, 5.74) is 0.885. The first-order chi connectivity index (χ1) is 12.3. The van der Waals surface area contributed by atoms with Gasteiger partial charge in [-0.1, -0.05) is 26.3 Å². The maximum Gasteiger partial charge on any atom is 0.310 e. The van der Waals surface area contributed by atoms with Gasteiger partial charge in [0.25, 0.3) is 10.0 Å². The molecule has 0 aliphatic heterocycles. The number of methoxy groups -OCH3 is 1. The second-order valence-corrected chi connectivity index (χ2v) is 7.69. The number of ether oxygens (including phenoxy) is 1. The molecule has 142 valence electrons. The summed E-state index contributed by atoms with van der Waals surface area (Å²) in [5, 5.41) is 6.76. The van der Waals surface area contributed by atoms with Crippen molar-refractivity contribution in [2.75, 3.05) is 11.8 Å². The molecule has 2 rings (SSSR count). The first-order valence-corrected chi connectivity index (χ1v) is 9.68. The lowest BCUT2D eigenvalue weighted by molar-refractivity contribution is -0.139. The number of nitrogens with one attached hydrogen (secondary N) is 2. The number of rotatable bonds is 8. The molecule has 0 bridgehead atoms. The predicted molar refractivity (Wildman–Crippen MR) is 94.8 cm³/mol. The van der Waals surface area contributed by atoms with Crippen LogP contribution in [0.3, 0.4) is 0 Å². The van der Waals surface area contributed by atoms with Gasteiger partial charge in [0, 0.05) is 11.8 Å². The summed E-state index contributed by atoms with van der Waals surface area (Å²) in [6, 6.07) is 4.98. The summed E-state index contributed by atoms with van der Waals surface area (Å²) in [7, 11) is -2.80. The quantitative estimate of drug-likeness (QED) is 0.683. The second-order valence-electron chi connectivity index (χ2n) is 6.01. The minimum Gasteiger partial charge on any atom is -0.469 e. The molecule has 2 N–H and O–H groups in total. The zero-order valence-electron chi connectivity index (χ0n) is 14.9. The lowest BCUT2D eigenvalue weighted by atomic mass is 10.0. The van der Waals surface area contributed by atoms with Crippen molar-refractivity contribution in [1.29, 1.82) is 0 Å². The number of anilines is 1. The number of nitrogens with zero attached hydrogens (tertiary/aromatic N) is 1. The summed E-state index contributed by atoms with van der Waals surface area (Å²) in [6.07, 6.45) is 1.67. The van der Waals surface area contributed by atoms with Gasteiger partial charge in [-0.25, -0.2) is 12.8 Å². The van der Waals surface area contributed by atoms with E-state index in [1.807, 2.05) is 6.92 Å². The predicted octanol–water partition coefficient (Wildman–Crippen LogP) is 2.97. The summed E-state index contributed by atoms with van der Waals surface area (Å²) < 4.78 is 45.7. The Bertz CT molecular complexity index is 880. The van der Waals surface area contributed by atoms with Gasteiger partial charge in [-0.15, -0.1) is 0 Å². The normalized spacial score (nSPS) is 12.6. The number of benzene rings is 1. The lowest BCUT2D eigenvalue weighted by Crippen LogP contribution is -2.14. The van der Waals surface area contributed by atoms with Crippen molar-refractivity contribution in [3.05, 3.63) is 41.3 Å². The van der Waals surface area contributed by atoms with E-state index in [0.29, 0.717) is 0 Å². The number of sulfonamides is 1. The van der Waals surface area contributed by atoms with Crippen LogP contribution in [0.1, 0.15) is 43.9 Å². The fourth-order valence-electron chi connectivity index (χ4n) is 2.49. The minimum absolute atomic E-state index is 0.0613. The Morgan fingerprint density at radius 2 is 2.12 bits per heavy atom. The molecule has 0 amide bonds. The first kappa shape index (κ1) is 19.9. The van der Waals surface area contributed by atoms with Gasteiger partial charge in [0.2, 0.25) is 0 Å². The molecule has 0 saturated heterocycles. The number of carbonyl (C=O) groups excluding carboxylic acids is 1. The topological polar surface area (TPSA) is 101 Å². The van der Waals surface area contributed by atoms with Crippen LogP contribution in [0.2, 0.25) is 0 Å². The Labute approximate surface area is 152 Å². The fraction of sp³-hybridized carbons (Fsp3) is 0.412. The zero-order valence-corrected chi connectivity index (χ0v) is 15.7. The summed E-state index contributed by atoms with van der Waals surface area (Å²) in [4.78, 5) is 11.0. The number of hydrogen-bond acceptors (Lipinski definition) is 5. The van der Waals surface area contributed by atoms with Crippen molar-refractivity contribution in [1.82, 2.24) is 10.2 Å². The molecule has 1 aromatic heterocycles. The van der Waals surface area contributed by atoms with Crippen LogP contribution in [0.25, 0.3) is 0 Å². The zero-order chi connectivity index (χ0) is 19.3. The molecule has 0 aliphatic carbocycles. The van der Waals surface area contributed by atoms with Gasteiger partial charge < -0.3 is 4.74 Å². The van der Waals surface area contributed by atoms with Gasteiger partial charge in [-0.3, -0.25) is 14.6 Å². The molecular formula is C17H22FN3O4S. The smallest absolute Gasteiger partial charge is 0.310 e. The third kappa shape index (κ3) is 4.81. The van der Waals surface area contributed by atoms with E-state index >= 15 is 0 Å². The van der Waals surface area contributed by atoms with Crippen molar-refractivity contribution in [2.45, 2.75) is 43.9 Å². The Morgan fingerprint density at radius 3 is 2.73 bits per heavy atom. The lowest BCUT2D eigenvalue weighted by Gasteiger charge is -2.08. The summed E-state index contributed by atoms with van der Waals surface area (Å²) in [6.45, 7) is 4.08. The number of hydrogen-bond donors (Lipinski definition) is 2. The third-order valence-electron chi connectivity index (χ3n) is 3.99. The van der Waals surface area contributed by atoms with E-state index in [1.165, 1.54) is 19.2 Å². The second kappa shape index (κ2) is 8.31. The standard InChI is InChI=1S/C17H22FN3O4S/c1-4-5-11(2)15-10-16(20-19-15)21-26(23,24)13-7-6-12(14(18)9-13)8-17(22)25-3/h6-7,9-11H,4-5,8H2,1-3H3,(H2,19,20,21). The molecule has 9 heteroatoms. The van der Waals surface area contributed by atoms with Crippen molar-refractivity contribution in [3.63, 3.8) is 0 Å². The summed E-state index contributed by atoms with van der Waals surface area (Å²) >= 11 is 0. The molecule has 1 heterocycles. The maximum absolute atomic E-state index is 14.1. The van der Waals surface area contributed by atoms with E-state index in [4.69, 9.17) is 0 Å². The largest absolute Gasteiger partial charge is 0.469 e. The average molecular weight is 383 g/mol. The van der Waals surface area contributed by atoms with E-state index in [1.54, 1.807) is 6.07 Å². The molecule has 26 heavy (non-hydrogen) atoms. The molecule has 1 aromatic carbocycles. The van der Waals surface area contributed by atoms with E-state index in [-0.39, 0.29) is 28.6 Å². The molecule has 1 atom stereocenters. The summed E-state index contributed by atoms with van der Waals surface area (Å²) in [5.74, 6) is -1.04. The number of H-pyrrole nitrogens is 1. The third-order valence-corrected chi connectivity index (χ3v) is 5.34. The van der Waals surface area contributed by atoms with E-state index < -0.39 is 21.8 Å². The Hall–Kier alpha value is -2.42. The van der Waals surface area contributed by atoms with Crippen LogP contribution >= 0.6 is 0 Å². The number of aromatic nitrogens is 2. The van der Waals surface area contributed by atoms with Crippen LogP contribution in [-0.2, 0) is 26.0 Å². The minimum atomic E-state index is -4.00. The highest BCUT2D eigenvalue weighted by atomic mass is 32.2. The van der Waals surface area contributed by atoms with Crippen molar-refractivity contribution in [3.8, 4) is 0 Å². The monoisotopic (exact) mass is 383 g/mol. The van der Waals surface area contributed by atoms with Crippen LogP contribution in [0.4, 0.5) is 10.2 Å². The van der Waals surface area contributed by atoms with Gasteiger partial charge >= 0.3 is 5.97 Å². The average Bonchev–Trinajstić information content (AvgIpc) is 3.04. The molecule has 0 radical (unpaired) electrons. The molecule has 1 unspecified atom stereocenters. The molecule has 2 aromatic rings. The number of aromatic amines is 1. The van der Waals surface area contributed by atoms with Gasteiger partial charge in [0.05, 0.1) is 18.4 Å². The van der Waals surface area contributed by atoms with Gasteiger partial charge in [-0.2, -0.15) is 5.10 Å². The van der Waals surface area contributed by atoms with Gasteiger partial charge in [-0.05, 0) is 30.0 Å². The van der Waals surface area contributed by atoms with Gasteiger partial charge in [0.1, 0.15) is 5.82 Å². The molecular weight excluding hydrogens is 361 g/mol. The van der Waals surface area contributed by atoms with Crippen LogP contribution in [0.5, 0.6) is 0 Å². The van der Waals surface area contributed by atoms with Crippen molar-refractivity contribution >= 4 is 21.8 Å². The Kier molecular flexibility index (Phi) is 6.36. The van der Waals surface area contributed by atoms with Crippen LogP contribution in [0.15, 0.2) is 29.2 Å². The van der Waals surface area contributed by atoms with Crippen LogP contribution in [0, 0.1) is 5.82 Å². The van der Waals surface area contributed by atoms with E-state index in [0.717, 1.165) is 24.6 Å². The maximum atomic E-state index is 14.1. The van der Waals surface area contributed by atoms with E-state index in [2.05, 4.69) is 26.6 Å². The number of halogens is 1. The van der Waals surface area contributed by atoms with Crippen LogP contribution in [-0.4, -0.2) is 31.7 Å². The van der Waals surface area contributed by atoms with Gasteiger partial charge in [0.15, 0.2) is 5.82 Å². The highest BCUT2D eigenvalue weighted by Crippen LogP contribution is 2.23. The molecule has 0 saturated carbocycles. The number of esters is 1. The number of carbonyl (C=O) groups is 1. The fourth-order valence-corrected chi connectivity index (χ4v) is 3.50. The van der Waals surface area contributed by atoms with E-state index in [9.17, 15) is 17.6 Å². The molecule has 0 spiro atoms. The SMILES string of the molecule is CCCC(C)c1cc(NS(=O)(=O)c2ccc(CC(=O)OC)c(F)c2)n[nH]1. The highest BCUT2D eigenvalue weighted by molar-refractivity contribution is 7.92. The highest BCUT2D eigenvalue weighted by Gasteiger charge is 2.19. The van der Waals surface area contributed by atoms with Crippen LogP contribution < -0.4 is 4.72 Å². The van der Waals surface area contributed by atoms with Crippen molar-refractivity contribution in [2.24, 2.45) is 0 Å². The molecule has 7 nitrogen and oxygen atoms in total. The Balaban J connectivity index is 2.17. The first-order valence-electron chi connectivity index (χ1n) is 8.20. The Morgan fingerprint density at radius 1 is 1.38 bits per heavy atom. The molecule has 0 aliphatic rings. The molecule has 0 fully saturated rings. The van der Waals surface area contributed by atoms with Crippen molar-refractivity contribution < 1.29 is 22.3 Å².